The molecule has 0 atom stereocenters. The lowest BCUT2D eigenvalue weighted by atomic mass is 10.1. The van der Waals surface area contributed by atoms with E-state index in [1.54, 1.807) is 7.11 Å². The second kappa shape index (κ2) is 6.43. The fourth-order valence-electron chi connectivity index (χ4n) is 2.08. The Kier molecular flexibility index (Phi) is 4.63. The molecule has 0 saturated carbocycles. The summed E-state index contributed by atoms with van der Waals surface area (Å²) in [6.45, 7) is 5.43. The number of fused-ring (bicyclic) bond motifs is 1. The average molecular weight is 276 g/mol. The number of anilines is 1. The molecular formula is C15H20N2O3. The number of hydrogen-bond donors (Lipinski definition) is 1. The molecule has 0 spiro atoms. The zero-order valence-corrected chi connectivity index (χ0v) is 12.1. The van der Waals surface area contributed by atoms with Crippen LogP contribution in [0.2, 0.25) is 0 Å². The van der Waals surface area contributed by atoms with E-state index in [-0.39, 0.29) is 0 Å². The van der Waals surface area contributed by atoms with Crippen molar-refractivity contribution in [2.45, 2.75) is 20.5 Å². The number of ether oxygens (including phenoxy) is 3. The predicted octanol–water partition coefficient (Wildman–Crippen LogP) is 2.76. The van der Waals surface area contributed by atoms with Gasteiger partial charge in [-0.1, -0.05) is 0 Å². The van der Waals surface area contributed by atoms with Crippen molar-refractivity contribution in [2.24, 2.45) is 0 Å². The summed E-state index contributed by atoms with van der Waals surface area (Å²) in [6, 6.07) is 5.56. The third kappa shape index (κ3) is 2.93. The highest BCUT2D eigenvalue weighted by molar-refractivity contribution is 5.92. The number of aromatic nitrogens is 1. The van der Waals surface area contributed by atoms with Gasteiger partial charge >= 0.3 is 0 Å². The number of hydrogen-bond acceptors (Lipinski definition) is 5. The SMILES string of the molecule is CCOc1cc2nc(COC)cc(N)c2cc1OCC. The molecule has 5 heteroatoms. The largest absolute Gasteiger partial charge is 0.490 e. The first-order chi connectivity index (χ1) is 9.69. The van der Waals surface area contributed by atoms with Gasteiger partial charge in [-0.05, 0) is 26.0 Å². The van der Waals surface area contributed by atoms with Crippen molar-refractivity contribution in [2.75, 3.05) is 26.1 Å². The molecular weight excluding hydrogens is 256 g/mol. The van der Waals surface area contributed by atoms with E-state index < -0.39 is 0 Å². The summed E-state index contributed by atoms with van der Waals surface area (Å²) in [5, 5.41) is 0.858. The summed E-state index contributed by atoms with van der Waals surface area (Å²) < 4.78 is 16.3. The molecule has 0 aliphatic rings. The quantitative estimate of drug-likeness (QED) is 0.878. The van der Waals surface area contributed by atoms with Gasteiger partial charge in [0.2, 0.25) is 0 Å². The van der Waals surface area contributed by atoms with Crippen LogP contribution in [0.3, 0.4) is 0 Å². The molecule has 1 aromatic heterocycles. The smallest absolute Gasteiger partial charge is 0.163 e. The molecule has 0 radical (unpaired) electrons. The van der Waals surface area contributed by atoms with Gasteiger partial charge in [-0.3, -0.25) is 4.98 Å². The van der Waals surface area contributed by atoms with E-state index in [4.69, 9.17) is 19.9 Å². The molecule has 2 N–H and O–H groups in total. The molecule has 1 aromatic carbocycles. The number of pyridine rings is 1. The topological polar surface area (TPSA) is 66.6 Å². The monoisotopic (exact) mass is 276 g/mol. The van der Waals surface area contributed by atoms with Gasteiger partial charge in [-0.2, -0.15) is 0 Å². The van der Waals surface area contributed by atoms with Crippen LogP contribution in [-0.4, -0.2) is 25.3 Å². The average Bonchev–Trinajstić information content (AvgIpc) is 2.41. The number of nitrogens with two attached hydrogens (primary N) is 1. The van der Waals surface area contributed by atoms with E-state index >= 15 is 0 Å². The van der Waals surface area contributed by atoms with E-state index in [9.17, 15) is 0 Å². The lowest BCUT2D eigenvalue weighted by molar-refractivity contribution is 0.182. The molecule has 2 rings (SSSR count). The molecule has 0 unspecified atom stereocenters. The van der Waals surface area contributed by atoms with Crippen molar-refractivity contribution >= 4 is 16.6 Å². The third-order valence-corrected chi connectivity index (χ3v) is 2.85. The first-order valence-electron chi connectivity index (χ1n) is 6.67. The van der Waals surface area contributed by atoms with E-state index in [0.717, 1.165) is 16.6 Å². The van der Waals surface area contributed by atoms with E-state index in [2.05, 4.69) is 4.98 Å². The molecule has 5 nitrogen and oxygen atoms in total. The minimum Gasteiger partial charge on any atom is -0.490 e. The molecule has 2 aromatic rings. The maximum absolute atomic E-state index is 6.08. The first kappa shape index (κ1) is 14.4. The van der Waals surface area contributed by atoms with E-state index in [1.807, 2.05) is 32.0 Å². The van der Waals surface area contributed by atoms with Crippen molar-refractivity contribution < 1.29 is 14.2 Å². The van der Waals surface area contributed by atoms with Crippen LogP contribution in [0.4, 0.5) is 5.69 Å². The Bertz CT molecular complexity index is 599. The van der Waals surface area contributed by atoms with Gasteiger partial charge in [0.25, 0.3) is 0 Å². The fourth-order valence-corrected chi connectivity index (χ4v) is 2.08. The summed E-state index contributed by atoms with van der Waals surface area (Å²) >= 11 is 0. The lowest BCUT2D eigenvalue weighted by Crippen LogP contribution is -2.01. The van der Waals surface area contributed by atoms with Crippen LogP contribution in [0.15, 0.2) is 18.2 Å². The normalized spacial score (nSPS) is 10.8. The van der Waals surface area contributed by atoms with Gasteiger partial charge in [-0.15, -0.1) is 0 Å². The van der Waals surface area contributed by atoms with E-state index in [0.29, 0.717) is 37.0 Å². The number of nitrogen functional groups attached to an aromatic ring is 1. The second-order valence-corrected chi connectivity index (χ2v) is 4.32. The third-order valence-electron chi connectivity index (χ3n) is 2.85. The van der Waals surface area contributed by atoms with Crippen LogP contribution >= 0.6 is 0 Å². The van der Waals surface area contributed by atoms with Crippen LogP contribution in [0.25, 0.3) is 10.9 Å². The first-order valence-corrected chi connectivity index (χ1v) is 6.67. The lowest BCUT2D eigenvalue weighted by Gasteiger charge is -2.13. The Labute approximate surface area is 118 Å². The Morgan fingerprint density at radius 3 is 2.30 bits per heavy atom. The van der Waals surface area contributed by atoms with Crippen molar-refractivity contribution in [1.29, 1.82) is 0 Å². The van der Waals surface area contributed by atoms with E-state index in [1.165, 1.54) is 0 Å². The van der Waals surface area contributed by atoms with Gasteiger partial charge in [-0.25, -0.2) is 0 Å². The van der Waals surface area contributed by atoms with Crippen LogP contribution in [0, 0.1) is 0 Å². The minimum atomic E-state index is 0.428. The summed E-state index contributed by atoms with van der Waals surface area (Å²) in [5.41, 5.74) is 8.32. The van der Waals surface area contributed by atoms with Gasteiger partial charge in [0.1, 0.15) is 0 Å². The highest BCUT2D eigenvalue weighted by Crippen LogP contribution is 2.34. The van der Waals surface area contributed by atoms with Crippen LogP contribution in [-0.2, 0) is 11.3 Å². The van der Waals surface area contributed by atoms with Crippen LogP contribution < -0.4 is 15.2 Å². The molecule has 0 saturated heterocycles. The number of nitrogens with zero attached hydrogens (tertiary/aromatic N) is 1. The standard InChI is InChI=1S/C15H20N2O3/c1-4-19-14-7-11-12(16)6-10(9-18-3)17-13(11)8-15(14)20-5-2/h6-8H,4-5,9H2,1-3H3,(H2,16,17). The van der Waals surface area contributed by atoms with Crippen molar-refractivity contribution in [3.63, 3.8) is 0 Å². The minimum absolute atomic E-state index is 0.428. The summed E-state index contributed by atoms with van der Waals surface area (Å²) in [4.78, 5) is 4.53. The molecule has 0 aliphatic carbocycles. The zero-order valence-electron chi connectivity index (χ0n) is 12.1. The second-order valence-electron chi connectivity index (χ2n) is 4.32. The maximum atomic E-state index is 6.08. The summed E-state index contributed by atoms with van der Waals surface area (Å²) in [7, 11) is 1.63. The van der Waals surface area contributed by atoms with Crippen molar-refractivity contribution in [3.05, 3.63) is 23.9 Å². The molecule has 108 valence electrons. The Morgan fingerprint density at radius 1 is 1.05 bits per heavy atom. The summed E-state index contributed by atoms with van der Waals surface area (Å²) in [6.07, 6.45) is 0. The van der Waals surface area contributed by atoms with Gasteiger partial charge in [0, 0.05) is 24.2 Å². The number of benzene rings is 1. The van der Waals surface area contributed by atoms with Crippen molar-refractivity contribution in [1.82, 2.24) is 4.98 Å². The highest BCUT2D eigenvalue weighted by Gasteiger charge is 2.11. The van der Waals surface area contributed by atoms with Gasteiger partial charge in [0.15, 0.2) is 11.5 Å². The molecule has 0 aliphatic heterocycles. The molecule has 0 bridgehead atoms. The highest BCUT2D eigenvalue weighted by atomic mass is 16.5. The predicted molar refractivity (Wildman–Crippen MR) is 79.2 cm³/mol. The van der Waals surface area contributed by atoms with Crippen molar-refractivity contribution in [3.8, 4) is 11.5 Å². The Hall–Kier alpha value is -2.01. The summed E-state index contributed by atoms with van der Waals surface area (Å²) in [5.74, 6) is 1.37. The van der Waals surface area contributed by atoms with Gasteiger partial charge < -0.3 is 19.9 Å². The zero-order chi connectivity index (χ0) is 14.5. The molecule has 1 heterocycles. The van der Waals surface area contributed by atoms with Crippen LogP contribution in [0.5, 0.6) is 11.5 Å². The fraction of sp³-hybridized carbons (Fsp3) is 0.400. The molecule has 0 fully saturated rings. The number of rotatable bonds is 6. The van der Waals surface area contributed by atoms with Crippen LogP contribution in [0.1, 0.15) is 19.5 Å². The van der Waals surface area contributed by atoms with Gasteiger partial charge in [0.05, 0.1) is 31.0 Å². The Balaban J connectivity index is 2.57. The number of methoxy groups -OCH3 is 1. The molecule has 0 amide bonds. The maximum Gasteiger partial charge on any atom is 0.163 e. The molecule has 20 heavy (non-hydrogen) atoms. The Morgan fingerprint density at radius 2 is 1.70 bits per heavy atom.